The Labute approximate surface area is 162 Å². The Balaban J connectivity index is 1.58. The second-order valence-corrected chi connectivity index (χ2v) is 7.83. The molecule has 0 aromatic carbocycles. The number of thiophene rings is 1. The molecule has 7 heteroatoms. The molecule has 1 aliphatic heterocycles. The molecule has 3 aromatic rings. The molecule has 0 aliphatic carbocycles. The van der Waals surface area contributed by atoms with E-state index in [0.717, 1.165) is 60.1 Å². The van der Waals surface area contributed by atoms with Crippen molar-refractivity contribution in [2.45, 2.75) is 26.3 Å². The van der Waals surface area contributed by atoms with Crippen molar-refractivity contribution < 1.29 is 9.53 Å². The lowest BCUT2D eigenvalue weighted by molar-refractivity contribution is -0.149. The van der Waals surface area contributed by atoms with E-state index in [1.54, 1.807) is 11.3 Å². The van der Waals surface area contributed by atoms with Crippen molar-refractivity contribution in [2.24, 2.45) is 5.92 Å². The predicted molar refractivity (Wildman–Crippen MR) is 108 cm³/mol. The summed E-state index contributed by atoms with van der Waals surface area (Å²) < 4.78 is 7.28. The second kappa shape index (κ2) is 7.70. The van der Waals surface area contributed by atoms with E-state index in [4.69, 9.17) is 15.5 Å². The predicted octanol–water partition coefficient (Wildman–Crippen LogP) is 3.42. The molecule has 2 N–H and O–H groups in total. The van der Waals surface area contributed by atoms with Gasteiger partial charge >= 0.3 is 5.97 Å². The third-order valence-electron chi connectivity index (χ3n) is 5.08. The number of ether oxygens (including phenoxy) is 1. The third-order valence-corrected chi connectivity index (χ3v) is 5.95. The summed E-state index contributed by atoms with van der Waals surface area (Å²) >= 11 is 1.69. The van der Waals surface area contributed by atoms with E-state index in [0.29, 0.717) is 6.61 Å². The van der Waals surface area contributed by atoms with Crippen molar-refractivity contribution in [2.75, 3.05) is 25.4 Å². The van der Waals surface area contributed by atoms with E-state index >= 15 is 0 Å². The van der Waals surface area contributed by atoms with Gasteiger partial charge in [0.2, 0.25) is 0 Å². The molecule has 0 atom stereocenters. The van der Waals surface area contributed by atoms with Crippen molar-refractivity contribution in [3.05, 3.63) is 41.5 Å². The van der Waals surface area contributed by atoms with Gasteiger partial charge in [0.25, 0.3) is 0 Å². The molecular weight excluding hydrogens is 360 g/mol. The van der Waals surface area contributed by atoms with Gasteiger partial charge in [0.15, 0.2) is 0 Å². The molecule has 1 saturated heterocycles. The largest absolute Gasteiger partial charge is 0.466 e. The maximum absolute atomic E-state index is 12.0. The number of nitrogens with zero attached hydrogens (tertiary/aromatic N) is 3. The molecule has 0 unspecified atom stereocenters. The molecule has 1 aliphatic rings. The molecule has 0 saturated carbocycles. The molecule has 0 radical (unpaired) electrons. The summed E-state index contributed by atoms with van der Waals surface area (Å²) in [5.74, 6) is -0.0326. The smallest absolute Gasteiger partial charge is 0.309 e. The number of imidazole rings is 1. The summed E-state index contributed by atoms with van der Waals surface area (Å²) in [5.41, 5.74) is 9.82. The first kappa shape index (κ1) is 18.0. The first-order valence-corrected chi connectivity index (χ1v) is 10.2. The topological polar surface area (TPSA) is 72.9 Å². The fraction of sp³-hybridized carbons (Fsp3) is 0.400. The minimum atomic E-state index is -0.0565. The molecule has 27 heavy (non-hydrogen) atoms. The number of likely N-dealkylation sites (tertiary alicyclic amines) is 1. The van der Waals surface area contributed by atoms with Crippen LogP contribution in [0, 0.1) is 5.92 Å². The van der Waals surface area contributed by atoms with Crippen LogP contribution >= 0.6 is 11.3 Å². The van der Waals surface area contributed by atoms with Crippen LogP contribution < -0.4 is 5.73 Å². The lowest BCUT2D eigenvalue weighted by Gasteiger charge is -2.30. The Morgan fingerprint density at radius 1 is 1.33 bits per heavy atom. The Hall–Kier alpha value is -2.38. The van der Waals surface area contributed by atoms with Crippen LogP contribution in [0.2, 0.25) is 0 Å². The molecule has 0 bridgehead atoms. The molecule has 0 spiro atoms. The summed E-state index contributed by atoms with van der Waals surface area (Å²) in [6.45, 7) is 4.85. The molecule has 1 fully saturated rings. The van der Waals surface area contributed by atoms with Crippen LogP contribution in [0.25, 0.3) is 16.2 Å². The zero-order valence-electron chi connectivity index (χ0n) is 15.4. The van der Waals surface area contributed by atoms with E-state index in [1.807, 2.05) is 31.3 Å². The maximum Gasteiger partial charge on any atom is 0.309 e. The number of piperidine rings is 1. The van der Waals surface area contributed by atoms with Crippen LogP contribution in [-0.2, 0) is 16.1 Å². The van der Waals surface area contributed by atoms with E-state index in [2.05, 4.69) is 20.7 Å². The molecule has 6 nitrogen and oxygen atoms in total. The highest BCUT2D eigenvalue weighted by Crippen LogP contribution is 2.31. The molecule has 4 rings (SSSR count). The van der Waals surface area contributed by atoms with Crippen molar-refractivity contribution in [3.8, 4) is 10.6 Å². The summed E-state index contributed by atoms with van der Waals surface area (Å²) in [6, 6.07) is 8.00. The average Bonchev–Trinajstić information content (AvgIpc) is 3.31. The van der Waals surface area contributed by atoms with Gasteiger partial charge in [-0.05, 0) is 56.4 Å². The number of nitrogens with two attached hydrogens (primary N) is 1. The zero-order valence-corrected chi connectivity index (χ0v) is 16.2. The number of rotatable bonds is 5. The van der Waals surface area contributed by atoms with Crippen LogP contribution in [-0.4, -0.2) is 40.0 Å². The van der Waals surface area contributed by atoms with Crippen LogP contribution in [0.15, 0.2) is 35.8 Å². The Bertz CT molecular complexity index is 927. The molecule has 3 aromatic heterocycles. The minimum Gasteiger partial charge on any atom is -0.466 e. The number of aromatic nitrogens is 2. The molecule has 0 amide bonds. The third kappa shape index (κ3) is 3.70. The number of anilines is 1. The van der Waals surface area contributed by atoms with Crippen molar-refractivity contribution in [1.82, 2.24) is 14.3 Å². The van der Waals surface area contributed by atoms with E-state index < -0.39 is 0 Å². The van der Waals surface area contributed by atoms with E-state index in [1.165, 1.54) is 0 Å². The number of fused-ring (bicyclic) bond motifs is 1. The number of pyridine rings is 1. The summed E-state index contributed by atoms with van der Waals surface area (Å²) in [7, 11) is 0. The van der Waals surface area contributed by atoms with Crippen LogP contribution in [0.5, 0.6) is 0 Å². The van der Waals surface area contributed by atoms with E-state index in [9.17, 15) is 4.79 Å². The van der Waals surface area contributed by atoms with Gasteiger partial charge in [0.1, 0.15) is 11.3 Å². The molecule has 4 heterocycles. The normalized spacial score (nSPS) is 16.0. The fourth-order valence-corrected chi connectivity index (χ4v) is 4.41. The van der Waals surface area contributed by atoms with Gasteiger partial charge < -0.3 is 10.5 Å². The zero-order chi connectivity index (χ0) is 18.8. The number of esters is 1. The van der Waals surface area contributed by atoms with Crippen LogP contribution in [0.1, 0.15) is 25.5 Å². The summed E-state index contributed by atoms with van der Waals surface area (Å²) in [5, 5.41) is 2.07. The Kier molecular flexibility index (Phi) is 5.13. The van der Waals surface area contributed by atoms with Gasteiger partial charge in [-0.25, -0.2) is 4.98 Å². The highest BCUT2D eigenvalue weighted by molar-refractivity contribution is 7.13. The summed E-state index contributed by atoms with van der Waals surface area (Å²) in [4.78, 5) is 20.4. The van der Waals surface area contributed by atoms with Crippen molar-refractivity contribution >= 4 is 28.6 Å². The van der Waals surface area contributed by atoms with Gasteiger partial charge in [0, 0.05) is 18.4 Å². The SMILES string of the molecule is CCOC(=O)C1CCN(Cc2c(-c3cccs3)nc3ccc(N)cn23)CC1. The number of hydrogen-bond donors (Lipinski definition) is 1. The van der Waals surface area contributed by atoms with Crippen LogP contribution in [0.3, 0.4) is 0 Å². The van der Waals surface area contributed by atoms with Gasteiger partial charge in [-0.3, -0.25) is 14.1 Å². The first-order valence-electron chi connectivity index (χ1n) is 9.35. The van der Waals surface area contributed by atoms with Gasteiger partial charge in [-0.15, -0.1) is 11.3 Å². The lowest BCUT2D eigenvalue weighted by atomic mass is 9.97. The fourth-order valence-electron chi connectivity index (χ4n) is 3.67. The summed E-state index contributed by atoms with van der Waals surface area (Å²) in [6.07, 6.45) is 3.62. The lowest BCUT2D eigenvalue weighted by Crippen LogP contribution is -2.36. The second-order valence-electron chi connectivity index (χ2n) is 6.88. The van der Waals surface area contributed by atoms with Gasteiger partial charge in [-0.2, -0.15) is 0 Å². The average molecular weight is 385 g/mol. The number of carbonyl (C=O) groups excluding carboxylic acids is 1. The highest BCUT2D eigenvalue weighted by Gasteiger charge is 2.27. The Morgan fingerprint density at radius 3 is 2.85 bits per heavy atom. The monoisotopic (exact) mass is 384 g/mol. The van der Waals surface area contributed by atoms with Crippen LogP contribution in [0.4, 0.5) is 5.69 Å². The Morgan fingerprint density at radius 2 is 2.15 bits per heavy atom. The van der Waals surface area contributed by atoms with Crippen molar-refractivity contribution in [1.29, 1.82) is 0 Å². The molecule has 142 valence electrons. The van der Waals surface area contributed by atoms with Gasteiger partial charge in [0.05, 0.1) is 23.1 Å². The van der Waals surface area contributed by atoms with Gasteiger partial charge in [-0.1, -0.05) is 6.07 Å². The number of carbonyl (C=O) groups is 1. The molecular formula is C20H24N4O2S. The maximum atomic E-state index is 12.0. The first-order chi connectivity index (χ1) is 13.2. The van der Waals surface area contributed by atoms with E-state index in [-0.39, 0.29) is 11.9 Å². The number of hydrogen-bond acceptors (Lipinski definition) is 6. The standard InChI is InChI=1S/C20H24N4O2S/c1-2-26-20(25)14-7-9-23(10-8-14)13-16-19(17-4-3-11-27-17)22-18-6-5-15(21)12-24(16)18/h3-6,11-12,14H,2,7-10,13,21H2,1H3. The highest BCUT2D eigenvalue weighted by atomic mass is 32.1. The van der Waals surface area contributed by atoms with Crippen molar-refractivity contribution in [3.63, 3.8) is 0 Å². The quantitative estimate of drug-likeness (QED) is 0.683. The minimum absolute atomic E-state index is 0.0239. The number of nitrogen functional groups attached to an aromatic ring is 1.